The van der Waals surface area contributed by atoms with E-state index in [-0.39, 0.29) is 23.8 Å². The number of thiazole rings is 1. The molecule has 10 heteroatoms. The molecule has 0 fully saturated rings. The highest BCUT2D eigenvalue weighted by Gasteiger charge is 2.16. The molecule has 2 rings (SSSR count). The maximum atomic E-state index is 12.7. The largest absolute Gasteiger partial charge is 0.464 e. The van der Waals surface area contributed by atoms with Gasteiger partial charge >= 0.3 is 5.97 Å². The summed E-state index contributed by atoms with van der Waals surface area (Å²) in [6.45, 7) is 3.73. The van der Waals surface area contributed by atoms with Crippen molar-refractivity contribution < 1.29 is 24.0 Å². The van der Waals surface area contributed by atoms with E-state index in [4.69, 9.17) is 4.74 Å². The van der Waals surface area contributed by atoms with E-state index < -0.39 is 10.9 Å². The second-order valence-electron chi connectivity index (χ2n) is 6.11. The summed E-state index contributed by atoms with van der Waals surface area (Å²) in [5.74, 6) is -0.760. The number of carbonyl (C=O) groups excluding carboxylic acids is 2. The summed E-state index contributed by atoms with van der Waals surface area (Å²) in [5, 5.41) is 12.9. The average molecular weight is 433 g/mol. The van der Waals surface area contributed by atoms with E-state index in [1.54, 1.807) is 28.5 Å². The summed E-state index contributed by atoms with van der Waals surface area (Å²) in [7, 11) is 1.29. The number of hydrogen-bond acceptors (Lipinski definition) is 8. The standard InChI is InChI=1S/C20H23N3O6S/c1-3-29-12-4-11-22(13-18-21-17(14-30-18)20(25)28-2)19(24)10-7-15-5-8-16(9-6-15)23(26)27/h5-10,14H,3-4,11-13H2,1-2H3/b10-7+. The van der Waals surface area contributed by atoms with Gasteiger partial charge in [0.05, 0.1) is 18.6 Å². The molecule has 0 saturated heterocycles. The Kier molecular flexibility index (Phi) is 9.10. The van der Waals surface area contributed by atoms with Crippen LogP contribution in [0.1, 0.15) is 34.4 Å². The first-order valence-electron chi connectivity index (χ1n) is 9.26. The van der Waals surface area contributed by atoms with E-state index in [0.29, 0.717) is 36.8 Å². The fourth-order valence-corrected chi connectivity index (χ4v) is 3.27. The summed E-state index contributed by atoms with van der Waals surface area (Å²) >= 11 is 1.28. The van der Waals surface area contributed by atoms with Crippen LogP contribution in [0.4, 0.5) is 5.69 Å². The second kappa shape index (κ2) is 11.8. The van der Waals surface area contributed by atoms with Crippen molar-refractivity contribution in [2.75, 3.05) is 26.9 Å². The van der Waals surface area contributed by atoms with E-state index in [9.17, 15) is 19.7 Å². The predicted molar refractivity (Wildman–Crippen MR) is 112 cm³/mol. The molecule has 30 heavy (non-hydrogen) atoms. The van der Waals surface area contributed by atoms with Gasteiger partial charge in [0.25, 0.3) is 5.69 Å². The Morgan fingerprint density at radius 2 is 2.03 bits per heavy atom. The Bertz CT molecular complexity index is 894. The molecule has 0 aliphatic carbocycles. The summed E-state index contributed by atoms with van der Waals surface area (Å²) in [5.41, 5.74) is 0.868. The molecule has 0 aliphatic rings. The number of non-ortho nitro benzene ring substituents is 1. The molecule has 0 aliphatic heterocycles. The highest BCUT2D eigenvalue weighted by molar-refractivity contribution is 7.09. The van der Waals surface area contributed by atoms with Crippen LogP contribution in [-0.2, 0) is 20.8 Å². The van der Waals surface area contributed by atoms with E-state index in [1.807, 2.05) is 6.92 Å². The lowest BCUT2D eigenvalue weighted by Crippen LogP contribution is -2.30. The quantitative estimate of drug-likeness (QED) is 0.176. The first-order valence-corrected chi connectivity index (χ1v) is 10.1. The summed E-state index contributed by atoms with van der Waals surface area (Å²) in [4.78, 5) is 40.4. The Balaban J connectivity index is 2.08. The molecule has 160 valence electrons. The molecule has 9 nitrogen and oxygen atoms in total. The van der Waals surface area contributed by atoms with Crippen molar-refractivity contribution in [2.45, 2.75) is 19.9 Å². The van der Waals surface area contributed by atoms with Gasteiger partial charge in [-0.15, -0.1) is 11.3 Å². The van der Waals surface area contributed by atoms with Crippen molar-refractivity contribution in [2.24, 2.45) is 0 Å². The Hall–Kier alpha value is -3.11. The zero-order valence-electron chi connectivity index (χ0n) is 16.8. The number of nitrogens with zero attached hydrogens (tertiary/aromatic N) is 3. The smallest absolute Gasteiger partial charge is 0.357 e. The number of carbonyl (C=O) groups is 2. The molecule has 0 bridgehead atoms. The van der Waals surface area contributed by atoms with Crippen LogP contribution in [-0.4, -0.2) is 53.6 Å². The molecule has 0 saturated carbocycles. The van der Waals surface area contributed by atoms with E-state index >= 15 is 0 Å². The van der Waals surface area contributed by atoms with Crippen molar-refractivity contribution >= 4 is 35.0 Å². The Morgan fingerprint density at radius 3 is 2.67 bits per heavy atom. The molecule has 0 unspecified atom stereocenters. The van der Waals surface area contributed by atoms with Gasteiger partial charge < -0.3 is 14.4 Å². The van der Waals surface area contributed by atoms with Crippen LogP contribution in [0, 0.1) is 10.1 Å². The number of methoxy groups -OCH3 is 1. The van der Waals surface area contributed by atoms with Crippen LogP contribution in [0.5, 0.6) is 0 Å². The van der Waals surface area contributed by atoms with Gasteiger partial charge in [0.2, 0.25) is 5.91 Å². The molecule has 0 spiro atoms. The summed E-state index contributed by atoms with van der Waals surface area (Å²) in [6, 6.07) is 5.91. The zero-order valence-corrected chi connectivity index (χ0v) is 17.6. The molecule has 1 amide bonds. The van der Waals surface area contributed by atoms with Crippen molar-refractivity contribution in [3.63, 3.8) is 0 Å². The number of aromatic nitrogens is 1. The number of rotatable bonds is 11. The third kappa shape index (κ3) is 7.05. The van der Waals surface area contributed by atoms with Gasteiger partial charge in [-0.3, -0.25) is 14.9 Å². The summed E-state index contributed by atoms with van der Waals surface area (Å²) < 4.78 is 10.00. The van der Waals surface area contributed by atoms with Gasteiger partial charge in [0.15, 0.2) is 5.69 Å². The minimum absolute atomic E-state index is 0.0128. The van der Waals surface area contributed by atoms with Gasteiger partial charge in [0, 0.05) is 43.3 Å². The van der Waals surface area contributed by atoms with E-state index in [2.05, 4.69) is 9.72 Å². The normalized spacial score (nSPS) is 10.9. The second-order valence-corrected chi connectivity index (χ2v) is 7.05. The molecule has 1 aromatic heterocycles. The van der Waals surface area contributed by atoms with Gasteiger partial charge in [-0.05, 0) is 37.1 Å². The monoisotopic (exact) mass is 433 g/mol. The topological polar surface area (TPSA) is 112 Å². The Morgan fingerprint density at radius 1 is 1.30 bits per heavy atom. The molecule has 0 radical (unpaired) electrons. The number of hydrogen-bond donors (Lipinski definition) is 0. The molecule has 2 aromatic rings. The molecule has 1 heterocycles. The summed E-state index contributed by atoms with van der Waals surface area (Å²) in [6.07, 6.45) is 3.67. The third-order valence-electron chi connectivity index (χ3n) is 4.03. The molecule has 0 atom stereocenters. The van der Waals surface area contributed by atoms with Crippen molar-refractivity contribution in [1.82, 2.24) is 9.88 Å². The van der Waals surface area contributed by atoms with E-state index in [0.717, 1.165) is 0 Å². The molecular weight excluding hydrogens is 410 g/mol. The number of ether oxygens (including phenoxy) is 2. The van der Waals surface area contributed by atoms with Crippen LogP contribution in [0.25, 0.3) is 6.08 Å². The van der Waals surface area contributed by atoms with Crippen LogP contribution in [0.15, 0.2) is 35.7 Å². The van der Waals surface area contributed by atoms with Gasteiger partial charge in [0.1, 0.15) is 5.01 Å². The fraction of sp³-hybridized carbons (Fsp3) is 0.350. The highest BCUT2D eigenvalue weighted by atomic mass is 32.1. The van der Waals surface area contributed by atoms with Gasteiger partial charge in [-0.2, -0.15) is 0 Å². The lowest BCUT2D eigenvalue weighted by atomic mass is 10.2. The molecule has 1 aromatic carbocycles. The average Bonchev–Trinajstić information content (AvgIpc) is 3.22. The minimum atomic E-state index is -0.523. The molecule has 0 N–H and O–H groups in total. The Labute approximate surface area is 178 Å². The number of nitro benzene ring substituents is 1. The number of nitro groups is 1. The number of esters is 1. The molecular formula is C20H23N3O6S. The lowest BCUT2D eigenvalue weighted by molar-refractivity contribution is -0.384. The predicted octanol–water partition coefficient (Wildman–Crippen LogP) is 3.31. The van der Waals surface area contributed by atoms with Gasteiger partial charge in [-0.25, -0.2) is 9.78 Å². The third-order valence-corrected chi connectivity index (χ3v) is 4.86. The van der Waals surface area contributed by atoms with Crippen LogP contribution in [0.2, 0.25) is 0 Å². The SMILES string of the molecule is CCOCCCN(Cc1nc(C(=O)OC)cs1)C(=O)/C=C/c1ccc([N+](=O)[O-])cc1. The van der Waals surface area contributed by atoms with Crippen LogP contribution >= 0.6 is 11.3 Å². The minimum Gasteiger partial charge on any atom is -0.464 e. The maximum Gasteiger partial charge on any atom is 0.357 e. The lowest BCUT2D eigenvalue weighted by Gasteiger charge is -2.20. The van der Waals surface area contributed by atoms with Crippen molar-refractivity contribution in [3.05, 3.63) is 62.1 Å². The number of amides is 1. The van der Waals surface area contributed by atoms with Crippen LogP contribution < -0.4 is 0 Å². The maximum absolute atomic E-state index is 12.7. The highest BCUT2D eigenvalue weighted by Crippen LogP contribution is 2.16. The first-order chi connectivity index (χ1) is 14.4. The van der Waals surface area contributed by atoms with Gasteiger partial charge in [-0.1, -0.05) is 0 Å². The van der Waals surface area contributed by atoms with E-state index in [1.165, 1.54) is 36.7 Å². The number of benzene rings is 1. The zero-order chi connectivity index (χ0) is 21.9. The van der Waals surface area contributed by atoms with Crippen molar-refractivity contribution in [1.29, 1.82) is 0 Å². The van der Waals surface area contributed by atoms with Crippen molar-refractivity contribution in [3.8, 4) is 0 Å². The first kappa shape index (κ1) is 23.2. The fourth-order valence-electron chi connectivity index (χ4n) is 2.49. The van der Waals surface area contributed by atoms with Crippen LogP contribution in [0.3, 0.4) is 0 Å².